The lowest BCUT2D eigenvalue weighted by atomic mass is 10.0. The van der Waals surface area contributed by atoms with E-state index in [1.807, 2.05) is 0 Å². The number of hydrogen-bond acceptors (Lipinski definition) is 6. The number of allylic oxidation sites excluding steroid dienone is 22. The van der Waals surface area contributed by atoms with E-state index in [9.17, 15) is 14.4 Å². The maximum atomic E-state index is 12.9. The summed E-state index contributed by atoms with van der Waals surface area (Å²) < 4.78 is 16.9. The number of esters is 3. The lowest BCUT2D eigenvalue weighted by molar-refractivity contribution is -0.167. The summed E-state index contributed by atoms with van der Waals surface area (Å²) in [5.74, 6) is -0.904. The molecule has 0 aromatic carbocycles. The van der Waals surface area contributed by atoms with Crippen LogP contribution in [0.1, 0.15) is 316 Å². The van der Waals surface area contributed by atoms with E-state index in [4.69, 9.17) is 14.2 Å². The average Bonchev–Trinajstić information content (AvgIpc) is 3.48. The summed E-state index contributed by atoms with van der Waals surface area (Å²) in [5, 5.41) is 0. The first-order valence-electron chi connectivity index (χ1n) is 34.7. The van der Waals surface area contributed by atoms with Crippen molar-refractivity contribution in [2.24, 2.45) is 0 Å². The molecule has 6 nitrogen and oxygen atoms in total. The van der Waals surface area contributed by atoms with E-state index < -0.39 is 6.10 Å². The fourth-order valence-electron chi connectivity index (χ4n) is 9.48. The van der Waals surface area contributed by atoms with Gasteiger partial charge in [0.15, 0.2) is 6.10 Å². The van der Waals surface area contributed by atoms with Gasteiger partial charge in [0.25, 0.3) is 0 Å². The van der Waals surface area contributed by atoms with Gasteiger partial charge < -0.3 is 14.2 Å². The van der Waals surface area contributed by atoms with Crippen LogP contribution in [0, 0.1) is 0 Å². The molecule has 1 atom stereocenters. The highest BCUT2D eigenvalue weighted by atomic mass is 16.6. The molecular formula is C77H128O6. The van der Waals surface area contributed by atoms with Crippen molar-refractivity contribution in [1.29, 1.82) is 0 Å². The highest BCUT2D eigenvalue weighted by Crippen LogP contribution is 2.17. The van der Waals surface area contributed by atoms with Crippen LogP contribution in [0.15, 0.2) is 134 Å². The SMILES string of the molecule is CC/C=C\C/C=C\C/C=C\C/C=C\C/C=C\C/C=C\CCCCCCCCCCCCCCCCCCC(=O)OCC(COC(=O)CCCCCCC/C=C\CCCC)OC(=O)CCCCCCCC/C=C\C/C=C\C/C=C\C/C=C\CC. The van der Waals surface area contributed by atoms with Crippen LogP contribution in [0.3, 0.4) is 0 Å². The summed E-state index contributed by atoms with van der Waals surface area (Å²) in [5.41, 5.74) is 0. The molecule has 83 heavy (non-hydrogen) atoms. The van der Waals surface area contributed by atoms with Crippen LogP contribution in [0.5, 0.6) is 0 Å². The Bertz CT molecular complexity index is 1750. The molecule has 0 spiro atoms. The van der Waals surface area contributed by atoms with E-state index in [1.165, 1.54) is 135 Å². The minimum atomic E-state index is -0.792. The molecule has 6 heteroatoms. The number of hydrogen-bond donors (Lipinski definition) is 0. The molecule has 1 unspecified atom stereocenters. The van der Waals surface area contributed by atoms with Crippen LogP contribution in [-0.4, -0.2) is 37.2 Å². The molecule has 0 aromatic heterocycles. The zero-order chi connectivity index (χ0) is 59.9. The Morgan fingerprint density at radius 1 is 0.253 bits per heavy atom. The van der Waals surface area contributed by atoms with E-state index in [1.54, 1.807) is 0 Å². The quantitative estimate of drug-likeness (QED) is 0.0261. The predicted octanol–water partition coefficient (Wildman–Crippen LogP) is 24.1. The Kier molecular flexibility index (Phi) is 66.3. The molecule has 472 valence electrons. The first kappa shape index (κ1) is 78.5. The van der Waals surface area contributed by atoms with Gasteiger partial charge in [-0.05, 0) is 128 Å². The van der Waals surface area contributed by atoms with E-state index in [-0.39, 0.29) is 31.1 Å². The molecule has 0 bridgehead atoms. The molecule has 0 heterocycles. The summed E-state index contributed by atoms with van der Waals surface area (Å²) in [6.07, 6.45) is 99.1. The second kappa shape index (κ2) is 70.0. The fourth-order valence-corrected chi connectivity index (χ4v) is 9.48. The lowest BCUT2D eigenvalue weighted by Gasteiger charge is -2.18. The molecule has 0 aromatic rings. The molecule has 0 radical (unpaired) electrons. The molecule has 0 aliphatic rings. The van der Waals surface area contributed by atoms with Gasteiger partial charge in [0.2, 0.25) is 0 Å². The van der Waals surface area contributed by atoms with Crippen molar-refractivity contribution in [3.05, 3.63) is 134 Å². The lowest BCUT2D eigenvalue weighted by Crippen LogP contribution is -2.30. The van der Waals surface area contributed by atoms with Crippen LogP contribution >= 0.6 is 0 Å². The van der Waals surface area contributed by atoms with Gasteiger partial charge in [0, 0.05) is 19.3 Å². The van der Waals surface area contributed by atoms with Crippen molar-refractivity contribution in [2.45, 2.75) is 322 Å². The van der Waals surface area contributed by atoms with Gasteiger partial charge in [-0.25, -0.2) is 0 Å². The smallest absolute Gasteiger partial charge is 0.306 e. The van der Waals surface area contributed by atoms with E-state index in [0.717, 1.165) is 141 Å². The normalized spacial score (nSPS) is 13.0. The van der Waals surface area contributed by atoms with Gasteiger partial charge in [0.05, 0.1) is 0 Å². The zero-order valence-corrected chi connectivity index (χ0v) is 54.2. The van der Waals surface area contributed by atoms with Crippen molar-refractivity contribution < 1.29 is 28.6 Å². The Labute approximate surface area is 513 Å². The standard InChI is InChI=1S/C77H128O6/c1-4-7-10-13-16-19-22-24-26-28-30-31-32-33-34-35-36-37-38-39-40-41-42-43-44-45-47-48-50-52-55-58-61-64-67-70-76(79)82-73-74(72-81-75(78)69-66-63-60-57-54-21-18-15-12-9-6-3)83-77(80)71-68-65-62-59-56-53-51-49-46-29-27-25-23-20-17-14-11-8-5-2/h7-8,10-11,15-20,24-27,30-31,33-34,36-37,46,49,74H,4-6,9,12-14,21-23,28-29,32,35,38-45,47-48,50-73H2,1-3H3/b10-7-,11-8-,18-15-,19-16-,20-17-,26-24-,27-25-,31-30-,34-33-,37-36-,49-46-. The van der Waals surface area contributed by atoms with Crippen LogP contribution in [0.25, 0.3) is 0 Å². The third kappa shape index (κ3) is 68.2. The number of ether oxygens (including phenoxy) is 3. The second-order valence-corrected chi connectivity index (χ2v) is 22.7. The minimum Gasteiger partial charge on any atom is -0.462 e. The van der Waals surface area contributed by atoms with Gasteiger partial charge in [0.1, 0.15) is 13.2 Å². The predicted molar refractivity (Wildman–Crippen MR) is 362 cm³/mol. The highest BCUT2D eigenvalue weighted by molar-refractivity contribution is 5.71. The Hall–Kier alpha value is -4.45. The van der Waals surface area contributed by atoms with E-state index in [2.05, 4.69) is 154 Å². The van der Waals surface area contributed by atoms with E-state index >= 15 is 0 Å². The molecule has 0 aliphatic heterocycles. The number of rotatable bonds is 62. The Morgan fingerprint density at radius 2 is 0.470 bits per heavy atom. The summed E-state index contributed by atoms with van der Waals surface area (Å²) in [6, 6.07) is 0. The first-order valence-corrected chi connectivity index (χ1v) is 34.7. The molecular weight excluding hydrogens is 1020 g/mol. The van der Waals surface area contributed by atoms with Crippen molar-refractivity contribution in [3.63, 3.8) is 0 Å². The Morgan fingerprint density at radius 3 is 0.747 bits per heavy atom. The summed E-state index contributed by atoms with van der Waals surface area (Å²) in [7, 11) is 0. The van der Waals surface area contributed by atoms with Crippen LogP contribution in [0.4, 0.5) is 0 Å². The monoisotopic (exact) mass is 1150 g/mol. The van der Waals surface area contributed by atoms with Crippen LogP contribution in [0.2, 0.25) is 0 Å². The maximum Gasteiger partial charge on any atom is 0.306 e. The van der Waals surface area contributed by atoms with Crippen molar-refractivity contribution in [2.75, 3.05) is 13.2 Å². The molecule has 0 N–H and O–H groups in total. The van der Waals surface area contributed by atoms with Crippen LogP contribution in [-0.2, 0) is 28.6 Å². The fraction of sp³-hybridized carbons (Fsp3) is 0.675. The molecule has 0 fully saturated rings. The summed E-state index contributed by atoms with van der Waals surface area (Å²) in [4.78, 5) is 38.3. The number of carbonyl (C=O) groups excluding carboxylic acids is 3. The number of unbranched alkanes of at least 4 members (excludes halogenated alkanes) is 29. The minimum absolute atomic E-state index is 0.0870. The summed E-state index contributed by atoms with van der Waals surface area (Å²) >= 11 is 0. The van der Waals surface area contributed by atoms with Gasteiger partial charge in [-0.2, -0.15) is 0 Å². The van der Waals surface area contributed by atoms with Gasteiger partial charge in [-0.15, -0.1) is 0 Å². The van der Waals surface area contributed by atoms with E-state index in [0.29, 0.717) is 19.3 Å². The maximum absolute atomic E-state index is 12.9. The second-order valence-electron chi connectivity index (χ2n) is 22.7. The molecule has 0 saturated heterocycles. The molecule has 0 rings (SSSR count). The average molecular weight is 1150 g/mol. The Balaban J connectivity index is 4.17. The number of carbonyl (C=O) groups is 3. The third-order valence-corrected chi connectivity index (χ3v) is 14.6. The van der Waals surface area contributed by atoms with Gasteiger partial charge in [-0.3, -0.25) is 14.4 Å². The molecule has 0 aliphatic carbocycles. The first-order chi connectivity index (χ1) is 41.0. The largest absolute Gasteiger partial charge is 0.462 e. The van der Waals surface area contributed by atoms with Gasteiger partial charge >= 0.3 is 17.9 Å². The summed E-state index contributed by atoms with van der Waals surface area (Å²) in [6.45, 7) is 6.37. The molecule has 0 amide bonds. The molecule has 0 saturated carbocycles. The van der Waals surface area contributed by atoms with Crippen molar-refractivity contribution in [1.82, 2.24) is 0 Å². The van der Waals surface area contributed by atoms with Gasteiger partial charge in [-0.1, -0.05) is 302 Å². The zero-order valence-electron chi connectivity index (χ0n) is 54.2. The topological polar surface area (TPSA) is 78.9 Å². The van der Waals surface area contributed by atoms with Crippen LogP contribution < -0.4 is 0 Å². The highest BCUT2D eigenvalue weighted by Gasteiger charge is 2.19. The van der Waals surface area contributed by atoms with Crippen molar-refractivity contribution in [3.8, 4) is 0 Å². The van der Waals surface area contributed by atoms with Crippen molar-refractivity contribution >= 4 is 17.9 Å². The third-order valence-electron chi connectivity index (χ3n) is 14.6.